The summed E-state index contributed by atoms with van der Waals surface area (Å²) in [4.78, 5) is 11.7. The average molecular weight is 257 g/mol. The summed E-state index contributed by atoms with van der Waals surface area (Å²) in [7, 11) is 0. The van der Waals surface area contributed by atoms with E-state index in [0.717, 1.165) is 25.7 Å². The number of carbonyl (C=O) groups excluding carboxylic acids is 1. The number of carbonyl (C=O) groups is 1. The van der Waals surface area contributed by atoms with Gasteiger partial charge in [-0.25, -0.2) is 4.79 Å². The summed E-state index contributed by atoms with van der Waals surface area (Å²) < 4.78 is 5.25. The van der Waals surface area contributed by atoms with Crippen LogP contribution in [0.25, 0.3) is 0 Å². The molecule has 4 heteroatoms. The number of hydrogen-bond donors (Lipinski definition) is 2. The van der Waals surface area contributed by atoms with Gasteiger partial charge < -0.3 is 15.2 Å². The fourth-order valence-electron chi connectivity index (χ4n) is 2.48. The molecule has 0 radical (unpaired) electrons. The number of aliphatic hydroxyl groups excluding tert-OH is 1. The monoisotopic (exact) mass is 257 g/mol. The highest BCUT2D eigenvalue weighted by molar-refractivity contribution is 5.68. The number of amides is 1. The number of nitrogens with one attached hydrogen (secondary N) is 1. The summed E-state index contributed by atoms with van der Waals surface area (Å²) in [5.74, 6) is 0.954. The third-order valence-electron chi connectivity index (χ3n) is 3.60. The zero-order valence-corrected chi connectivity index (χ0v) is 12.0. The van der Waals surface area contributed by atoms with Crippen LogP contribution in [0, 0.1) is 11.8 Å². The summed E-state index contributed by atoms with van der Waals surface area (Å²) in [6.45, 7) is 7.92. The molecule has 0 unspecified atom stereocenters. The molecular formula is C14H27NO3. The van der Waals surface area contributed by atoms with E-state index in [1.807, 2.05) is 27.7 Å². The third kappa shape index (κ3) is 5.25. The highest BCUT2D eigenvalue weighted by Crippen LogP contribution is 2.30. The van der Waals surface area contributed by atoms with E-state index >= 15 is 0 Å². The molecule has 0 bridgehead atoms. The predicted octanol–water partition coefficient (Wildman–Crippen LogP) is 2.70. The van der Waals surface area contributed by atoms with Gasteiger partial charge >= 0.3 is 6.09 Å². The van der Waals surface area contributed by atoms with Crippen molar-refractivity contribution in [2.45, 2.75) is 65.0 Å². The van der Waals surface area contributed by atoms with Crippen LogP contribution < -0.4 is 5.32 Å². The van der Waals surface area contributed by atoms with Crippen molar-refractivity contribution in [3.63, 3.8) is 0 Å². The van der Waals surface area contributed by atoms with Crippen LogP contribution in [-0.4, -0.2) is 29.4 Å². The van der Waals surface area contributed by atoms with Crippen LogP contribution in [0.4, 0.5) is 4.79 Å². The van der Waals surface area contributed by atoms with Crippen LogP contribution in [0.2, 0.25) is 0 Å². The second kappa shape index (κ2) is 6.41. The smallest absolute Gasteiger partial charge is 0.407 e. The largest absolute Gasteiger partial charge is 0.444 e. The van der Waals surface area contributed by atoms with Crippen LogP contribution in [0.3, 0.4) is 0 Å². The molecule has 0 aromatic heterocycles. The SMILES string of the molecule is C[C@H](NC(=O)OC(C)(C)C)C1CCC(CO)CC1. The van der Waals surface area contributed by atoms with Crippen molar-refractivity contribution in [2.24, 2.45) is 11.8 Å². The van der Waals surface area contributed by atoms with Crippen molar-refractivity contribution in [3.05, 3.63) is 0 Å². The summed E-state index contributed by atoms with van der Waals surface area (Å²) in [5.41, 5.74) is -0.446. The van der Waals surface area contributed by atoms with Crippen LogP contribution >= 0.6 is 0 Å². The highest BCUT2D eigenvalue weighted by atomic mass is 16.6. The molecular weight excluding hydrogens is 230 g/mol. The number of rotatable bonds is 3. The Morgan fingerprint density at radius 2 is 1.89 bits per heavy atom. The highest BCUT2D eigenvalue weighted by Gasteiger charge is 2.27. The molecule has 0 heterocycles. The fourth-order valence-corrected chi connectivity index (χ4v) is 2.48. The van der Waals surface area contributed by atoms with Gasteiger partial charge in [-0.15, -0.1) is 0 Å². The molecule has 0 aliphatic heterocycles. The van der Waals surface area contributed by atoms with Gasteiger partial charge in [0.2, 0.25) is 0 Å². The Hall–Kier alpha value is -0.770. The van der Waals surface area contributed by atoms with Crippen molar-refractivity contribution in [1.29, 1.82) is 0 Å². The zero-order valence-electron chi connectivity index (χ0n) is 12.0. The van der Waals surface area contributed by atoms with Gasteiger partial charge in [0, 0.05) is 12.6 Å². The molecule has 1 aliphatic rings. The van der Waals surface area contributed by atoms with Gasteiger partial charge in [0.25, 0.3) is 0 Å². The van der Waals surface area contributed by atoms with Gasteiger partial charge in [-0.05, 0) is 65.2 Å². The molecule has 4 nitrogen and oxygen atoms in total. The molecule has 0 aromatic carbocycles. The molecule has 1 saturated carbocycles. The van der Waals surface area contributed by atoms with Crippen LogP contribution in [-0.2, 0) is 4.74 Å². The Bertz CT molecular complexity index is 265. The Kier molecular flexibility index (Phi) is 5.45. The zero-order chi connectivity index (χ0) is 13.8. The molecule has 1 fully saturated rings. The van der Waals surface area contributed by atoms with E-state index in [1.54, 1.807) is 0 Å². The quantitative estimate of drug-likeness (QED) is 0.817. The van der Waals surface area contributed by atoms with E-state index in [-0.39, 0.29) is 12.1 Å². The van der Waals surface area contributed by atoms with Gasteiger partial charge in [-0.2, -0.15) is 0 Å². The van der Waals surface area contributed by atoms with Gasteiger partial charge in [0.1, 0.15) is 5.60 Å². The lowest BCUT2D eigenvalue weighted by atomic mass is 9.79. The summed E-state index contributed by atoms with van der Waals surface area (Å²) >= 11 is 0. The number of hydrogen-bond acceptors (Lipinski definition) is 3. The van der Waals surface area contributed by atoms with Gasteiger partial charge in [-0.1, -0.05) is 0 Å². The molecule has 2 N–H and O–H groups in total. The predicted molar refractivity (Wildman–Crippen MR) is 71.4 cm³/mol. The second-order valence-corrected chi connectivity index (χ2v) is 6.40. The van der Waals surface area contributed by atoms with Gasteiger partial charge in [-0.3, -0.25) is 0 Å². The summed E-state index contributed by atoms with van der Waals surface area (Å²) in [6.07, 6.45) is 3.92. The Morgan fingerprint density at radius 3 is 2.33 bits per heavy atom. The van der Waals surface area contributed by atoms with Crippen molar-refractivity contribution in [1.82, 2.24) is 5.32 Å². The van der Waals surface area contributed by atoms with Crippen molar-refractivity contribution < 1.29 is 14.6 Å². The van der Waals surface area contributed by atoms with E-state index in [9.17, 15) is 4.79 Å². The molecule has 0 saturated heterocycles. The summed E-state index contributed by atoms with van der Waals surface area (Å²) in [5, 5.41) is 12.0. The van der Waals surface area contributed by atoms with Crippen LogP contribution in [0.15, 0.2) is 0 Å². The van der Waals surface area contributed by atoms with E-state index in [1.165, 1.54) is 0 Å². The molecule has 0 aromatic rings. The first-order chi connectivity index (χ1) is 8.31. The standard InChI is InChI=1S/C14H27NO3/c1-10(15-13(17)18-14(2,3)4)12-7-5-11(9-16)6-8-12/h10-12,16H,5-9H2,1-4H3,(H,15,17)/t10-,11?,12?/m0/s1. The first kappa shape index (κ1) is 15.3. The average Bonchev–Trinajstić information content (AvgIpc) is 2.26. The normalized spacial score (nSPS) is 26.5. The van der Waals surface area contributed by atoms with Crippen molar-refractivity contribution >= 4 is 6.09 Å². The minimum Gasteiger partial charge on any atom is -0.444 e. The third-order valence-corrected chi connectivity index (χ3v) is 3.60. The van der Waals surface area contributed by atoms with Crippen molar-refractivity contribution in [2.75, 3.05) is 6.61 Å². The molecule has 106 valence electrons. The molecule has 1 atom stereocenters. The van der Waals surface area contributed by atoms with Gasteiger partial charge in [0.05, 0.1) is 0 Å². The van der Waals surface area contributed by atoms with Gasteiger partial charge in [0.15, 0.2) is 0 Å². The fraction of sp³-hybridized carbons (Fsp3) is 0.929. The molecule has 1 rings (SSSR count). The number of ether oxygens (including phenoxy) is 1. The second-order valence-electron chi connectivity index (χ2n) is 6.40. The lowest BCUT2D eigenvalue weighted by Crippen LogP contribution is -2.42. The maximum Gasteiger partial charge on any atom is 0.407 e. The summed E-state index contributed by atoms with van der Waals surface area (Å²) in [6, 6.07) is 0.138. The molecule has 1 aliphatic carbocycles. The van der Waals surface area contributed by atoms with Crippen LogP contribution in [0.1, 0.15) is 53.4 Å². The molecule has 18 heavy (non-hydrogen) atoms. The van der Waals surface area contributed by atoms with E-state index in [0.29, 0.717) is 18.4 Å². The first-order valence-corrected chi connectivity index (χ1v) is 6.92. The van der Waals surface area contributed by atoms with E-state index in [4.69, 9.17) is 9.84 Å². The topological polar surface area (TPSA) is 58.6 Å². The number of aliphatic hydroxyl groups is 1. The lowest BCUT2D eigenvalue weighted by Gasteiger charge is -2.32. The van der Waals surface area contributed by atoms with Crippen molar-refractivity contribution in [3.8, 4) is 0 Å². The maximum absolute atomic E-state index is 11.7. The minimum atomic E-state index is -0.446. The Balaban J connectivity index is 2.33. The van der Waals surface area contributed by atoms with Crippen LogP contribution in [0.5, 0.6) is 0 Å². The molecule has 1 amide bonds. The number of alkyl carbamates (subject to hydrolysis) is 1. The first-order valence-electron chi connectivity index (χ1n) is 6.92. The lowest BCUT2D eigenvalue weighted by molar-refractivity contribution is 0.0475. The maximum atomic E-state index is 11.7. The molecule has 0 spiro atoms. The van der Waals surface area contributed by atoms with E-state index in [2.05, 4.69) is 5.32 Å². The van der Waals surface area contributed by atoms with E-state index < -0.39 is 5.60 Å². The Labute approximate surface area is 110 Å². The minimum absolute atomic E-state index is 0.138. The Morgan fingerprint density at radius 1 is 1.33 bits per heavy atom.